The van der Waals surface area contributed by atoms with Gasteiger partial charge in [0.25, 0.3) is 0 Å². The van der Waals surface area contributed by atoms with Crippen molar-refractivity contribution in [2.24, 2.45) is 4.99 Å². The fourth-order valence-electron chi connectivity index (χ4n) is 4.15. The first kappa shape index (κ1) is 23.0. The summed E-state index contributed by atoms with van der Waals surface area (Å²) in [5, 5.41) is 6.88. The van der Waals surface area contributed by atoms with Gasteiger partial charge in [-0.15, -0.1) is 0 Å². The molecule has 30 heavy (non-hydrogen) atoms. The van der Waals surface area contributed by atoms with Crippen molar-refractivity contribution < 1.29 is 4.74 Å². The van der Waals surface area contributed by atoms with Crippen LogP contribution in [-0.4, -0.2) is 74.8 Å². The minimum atomic E-state index is 0.708. The standard InChI is InChI=1S/C24H41N5O/c1-2-25-24(26-12-7-15-28-13-5-3-4-6-14-28)27-20-22-8-10-23(11-9-22)21-29-16-18-30-19-17-29/h8-11H,2-7,12-21H2,1H3,(H2,25,26,27). The highest BCUT2D eigenvalue weighted by Crippen LogP contribution is 2.11. The maximum absolute atomic E-state index is 5.43. The average Bonchev–Trinajstić information content (AvgIpc) is 3.05. The molecular formula is C24H41N5O. The fourth-order valence-corrected chi connectivity index (χ4v) is 4.15. The van der Waals surface area contributed by atoms with Crippen LogP contribution in [0.5, 0.6) is 0 Å². The maximum atomic E-state index is 5.43. The number of likely N-dealkylation sites (tertiary alicyclic amines) is 1. The molecule has 0 spiro atoms. The zero-order chi connectivity index (χ0) is 20.9. The second kappa shape index (κ2) is 13.6. The Kier molecular flexibility index (Phi) is 10.5. The number of aliphatic imine (C=N–C) groups is 1. The minimum absolute atomic E-state index is 0.708. The van der Waals surface area contributed by atoms with Crippen LogP contribution in [0.2, 0.25) is 0 Å². The minimum Gasteiger partial charge on any atom is -0.379 e. The summed E-state index contributed by atoms with van der Waals surface area (Å²) in [5.41, 5.74) is 2.62. The topological polar surface area (TPSA) is 52.1 Å². The van der Waals surface area contributed by atoms with Crippen LogP contribution in [0.3, 0.4) is 0 Å². The number of morpholine rings is 1. The van der Waals surface area contributed by atoms with Gasteiger partial charge < -0.3 is 20.3 Å². The van der Waals surface area contributed by atoms with Crippen LogP contribution < -0.4 is 10.6 Å². The zero-order valence-electron chi connectivity index (χ0n) is 18.9. The zero-order valence-corrected chi connectivity index (χ0v) is 18.9. The van der Waals surface area contributed by atoms with Crippen molar-refractivity contribution in [2.45, 2.75) is 52.1 Å². The van der Waals surface area contributed by atoms with E-state index in [1.807, 2.05) is 0 Å². The Bertz CT molecular complexity index is 605. The van der Waals surface area contributed by atoms with E-state index in [0.717, 1.165) is 51.9 Å². The van der Waals surface area contributed by atoms with Gasteiger partial charge in [-0.3, -0.25) is 4.90 Å². The Hall–Kier alpha value is -1.63. The van der Waals surface area contributed by atoms with Gasteiger partial charge in [-0.2, -0.15) is 0 Å². The summed E-state index contributed by atoms with van der Waals surface area (Å²) in [4.78, 5) is 9.86. The second-order valence-electron chi connectivity index (χ2n) is 8.44. The molecule has 6 nitrogen and oxygen atoms in total. The van der Waals surface area contributed by atoms with E-state index in [2.05, 4.69) is 51.6 Å². The van der Waals surface area contributed by atoms with Crippen LogP contribution in [0.4, 0.5) is 0 Å². The predicted molar refractivity (Wildman–Crippen MR) is 125 cm³/mol. The van der Waals surface area contributed by atoms with Crippen molar-refractivity contribution in [3.8, 4) is 0 Å². The third kappa shape index (κ3) is 8.62. The van der Waals surface area contributed by atoms with Gasteiger partial charge >= 0.3 is 0 Å². The van der Waals surface area contributed by atoms with Crippen molar-refractivity contribution >= 4 is 5.96 Å². The van der Waals surface area contributed by atoms with Crippen molar-refractivity contribution in [3.63, 3.8) is 0 Å². The van der Waals surface area contributed by atoms with E-state index in [4.69, 9.17) is 9.73 Å². The molecule has 2 aliphatic heterocycles. The molecule has 2 heterocycles. The molecule has 1 aromatic carbocycles. The van der Waals surface area contributed by atoms with E-state index in [1.54, 1.807) is 0 Å². The highest BCUT2D eigenvalue weighted by atomic mass is 16.5. The molecule has 0 aliphatic carbocycles. The summed E-state index contributed by atoms with van der Waals surface area (Å²) in [7, 11) is 0. The van der Waals surface area contributed by atoms with Gasteiger partial charge in [-0.1, -0.05) is 37.1 Å². The summed E-state index contributed by atoms with van der Waals surface area (Å²) >= 11 is 0. The molecule has 2 saturated heterocycles. The molecule has 0 radical (unpaired) electrons. The lowest BCUT2D eigenvalue weighted by Gasteiger charge is -2.26. The Labute approximate surface area is 183 Å². The number of benzene rings is 1. The summed E-state index contributed by atoms with van der Waals surface area (Å²) in [6.45, 7) is 13.2. The van der Waals surface area contributed by atoms with E-state index >= 15 is 0 Å². The quantitative estimate of drug-likeness (QED) is 0.369. The second-order valence-corrected chi connectivity index (χ2v) is 8.44. The average molecular weight is 416 g/mol. The van der Waals surface area contributed by atoms with Crippen LogP contribution in [0, 0.1) is 0 Å². The highest BCUT2D eigenvalue weighted by molar-refractivity contribution is 5.79. The van der Waals surface area contributed by atoms with Gasteiger partial charge in [-0.25, -0.2) is 4.99 Å². The highest BCUT2D eigenvalue weighted by Gasteiger charge is 2.10. The van der Waals surface area contributed by atoms with Crippen LogP contribution in [-0.2, 0) is 17.8 Å². The van der Waals surface area contributed by atoms with Crippen LogP contribution in [0.25, 0.3) is 0 Å². The molecule has 2 N–H and O–H groups in total. The Morgan fingerprint density at radius 1 is 0.900 bits per heavy atom. The molecule has 3 rings (SSSR count). The number of nitrogens with zero attached hydrogens (tertiary/aromatic N) is 3. The van der Waals surface area contributed by atoms with Crippen molar-refractivity contribution in [1.82, 2.24) is 20.4 Å². The first-order valence-electron chi connectivity index (χ1n) is 12.0. The van der Waals surface area contributed by atoms with Gasteiger partial charge in [0.2, 0.25) is 0 Å². The van der Waals surface area contributed by atoms with Gasteiger partial charge in [0.05, 0.1) is 19.8 Å². The van der Waals surface area contributed by atoms with Gasteiger partial charge in [0.1, 0.15) is 0 Å². The summed E-state index contributed by atoms with van der Waals surface area (Å²) in [5.74, 6) is 0.922. The Balaban J connectivity index is 1.39. The Morgan fingerprint density at radius 3 is 2.30 bits per heavy atom. The number of hydrogen-bond acceptors (Lipinski definition) is 4. The smallest absolute Gasteiger partial charge is 0.191 e. The summed E-state index contributed by atoms with van der Waals surface area (Å²) in [6.07, 6.45) is 6.70. The van der Waals surface area contributed by atoms with Crippen LogP contribution in [0.15, 0.2) is 29.3 Å². The summed E-state index contributed by atoms with van der Waals surface area (Å²) < 4.78 is 5.43. The normalized spacial score (nSPS) is 19.4. The monoisotopic (exact) mass is 415 g/mol. The lowest BCUT2D eigenvalue weighted by molar-refractivity contribution is 0.0342. The third-order valence-electron chi connectivity index (χ3n) is 5.94. The van der Waals surface area contributed by atoms with Crippen LogP contribution >= 0.6 is 0 Å². The first-order chi connectivity index (χ1) is 14.8. The van der Waals surface area contributed by atoms with E-state index < -0.39 is 0 Å². The molecule has 0 unspecified atom stereocenters. The van der Waals surface area contributed by atoms with Crippen molar-refractivity contribution in [1.29, 1.82) is 0 Å². The van der Waals surface area contributed by atoms with Crippen LogP contribution in [0.1, 0.15) is 50.2 Å². The molecule has 2 fully saturated rings. The molecule has 0 saturated carbocycles. The molecule has 6 heteroatoms. The molecular weight excluding hydrogens is 374 g/mol. The number of nitrogens with one attached hydrogen (secondary N) is 2. The van der Waals surface area contributed by atoms with E-state index in [9.17, 15) is 0 Å². The van der Waals surface area contributed by atoms with Gasteiger partial charge in [0.15, 0.2) is 5.96 Å². The molecule has 168 valence electrons. The fraction of sp³-hybridized carbons (Fsp3) is 0.708. The maximum Gasteiger partial charge on any atom is 0.191 e. The first-order valence-corrected chi connectivity index (χ1v) is 12.0. The van der Waals surface area contributed by atoms with Crippen molar-refractivity contribution in [3.05, 3.63) is 35.4 Å². The molecule has 0 aromatic heterocycles. The lowest BCUT2D eigenvalue weighted by atomic mass is 10.1. The molecule has 2 aliphatic rings. The summed E-state index contributed by atoms with van der Waals surface area (Å²) in [6, 6.07) is 8.90. The third-order valence-corrected chi connectivity index (χ3v) is 5.94. The van der Waals surface area contributed by atoms with E-state index in [1.165, 1.54) is 62.9 Å². The van der Waals surface area contributed by atoms with Gasteiger partial charge in [0, 0.05) is 32.7 Å². The van der Waals surface area contributed by atoms with E-state index in [-0.39, 0.29) is 0 Å². The lowest BCUT2D eigenvalue weighted by Crippen LogP contribution is -2.39. The largest absolute Gasteiger partial charge is 0.379 e. The number of hydrogen-bond donors (Lipinski definition) is 2. The Morgan fingerprint density at radius 2 is 1.60 bits per heavy atom. The number of guanidine groups is 1. The SMILES string of the molecule is CCNC(=NCc1ccc(CN2CCOCC2)cc1)NCCCN1CCCCCC1. The molecule has 0 amide bonds. The van der Waals surface area contributed by atoms with Gasteiger partial charge in [-0.05, 0) is 56.9 Å². The van der Waals surface area contributed by atoms with Crippen molar-refractivity contribution in [2.75, 3.05) is 59.0 Å². The number of rotatable bonds is 9. The molecule has 0 bridgehead atoms. The predicted octanol–water partition coefficient (Wildman–Crippen LogP) is 2.84. The molecule has 1 aromatic rings. The number of ether oxygens (including phenoxy) is 1. The van der Waals surface area contributed by atoms with E-state index in [0.29, 0.717) is 6.54 Å². The molecule has 0 atom stereocenters.